The summed E-state index contributed by atoms with van der Waals surface area (Å²) in [6.45, 7) is 0.671. The molecule has 6 rings (SSSR count). The largest absolute Gasteiger partial charge is 0.481 e. The first-order chi connectivity index (χ1) is 17.4. The molecule has 0 aromatic rings. The van der Waals surface area contributed by atoms with Gasteiger partial charge in [0.1, 0.15) is 30.0 Å². The molecule has 2 saturated heterocycles. The van der Waals surface area contributed by atoms with Gasteiger partial charge < -0.3 is 50.0 Å². The lowest BCUT2D eigenvalue weighted by atomic mass is 9.59. The lowest BCUT2D eigenvalue weighted by molar-refractivity contribution is -0.310. The molecule has 12 heteroatoms. The van der Waals surface area contributed by atoms with Crippen LogP contribution in [0.4, 0.5) is 0 Å². The van der Waals surface area contributed by atoms with Crippen molar-refractivity contribution in [3.05, 3.63) is 0 Å². The summed E-state index contributed by atoms with van der Waals surface area (Å²) < 4.78 is 17.2. The standard InChI is InChI=1S/C25H36O12/c1-22-13(27)4-5-25(37-21(22)33)12-3-2-10-6-23(12,14(18(22)25)19(31)32)8-24(10,34)9-35-20-17(30)16(29)15(28)11(7-26)36-20/h10-18,20,26-30,34H,2-9H2,1H3,(H,31,32)/t10-,11-,12-,13+,14-,15-,16+,17-,18-,20-,22-,23-,24+,25-/m1/s1. The van der Waals surface area contributed by atoms with Gasteiger partial charge in [0.25, 0.3) is 0 Å². The first kappa shape index (κ1) is 25.9. The number of hydrogen-bond donors (Lipinski definition) is 7. The number of fused-ring (bicyclic) bond motifs is 1. The van der Waals surface area contributed by atoms with Gasteiger partial charge in [-0.2, -0.15) is 0 Å². The highest BCUT2D eigenvalue weighted by Crippen LogP contribution is 2.78. The third kappa shape index (κ3) is 3.07. The van der Waals surface area contributed by atoms with Gasteiger partial charge in [-0.15, -0.1) is 0 Å². The number of aliphatic carboxylic acids is 1. The minimum Gasteiger partial charge on any atom is -0.481 e. The SMILES string of the molecule is C[C@@]12C(=O)O[C@]3(CC[C@@H]1O)[C@@H]1CC[C@@H]4C[C@]1(C[C@]4(O)CO[C@@H]1O[C@H](CO)[C@@H](O)[C@H](O)[C@H]1O)[C@@H](C(=O)O)[C@@H]32. The van der Waals surface area contributed by atoms with Crippen LogP contribution < -0.4 is 0 Å². The highest BCUT2D eigenvalue weighted by Gasteiger charge is 2.84. The van der Waals surface area contributed by atoms with E-state index in [9.17, 15) is 45.3 Å². The maximum atomic E-state index is 13.0. The van der Waals surface area contributed by atoms with Crippen molar-refractivity contribution in [3.8, 4) is 0 Å². The number of rotatable bonds is 5. The van der Waals surface area contributed by atoms with Gasteiger partial charge in [0.2, 0.25) is 0 Å². The van der Waals surface area contributed by atoms with Gasteiger partial charge in [-0.25, -0.2) is 0 Å². The minimum atomic E-state index is -1.62. The lowest BCUT2D eigenvalue weighted by Crippen LogP contribution is -2.59. The third-order valence-corrected chi connectivity index (χ3v) is 11.1. The summed E-state index contributed by atoms with van der Waals surface area (Å²) in [6.07, 6.45) is -6.07. The van der Waals surface area contributed by atoms with Crippen LogP contribution in [0.2, 0.25) is 0 Å². The van der Waals surface area contributed by atoms with E-state index in [4.69, 9.17) is 14.2 Å². The molecular weight excluding hydrogens is 492 g/mol. The molecular formula is C25H36O12. The minimum absolute atomic E-state index is 0.0751. The number of aliphatic hydroxyl groups is 6. The highest BCUT2D eigenvalue weighted by molar-refractivity contribution is 5.85. The Balaban J connectivity index is 1.30. The normalized spacial score (nSPS) is 58.1. The summed E-state index contributed by atoms with van der Waals surface area (Å²) in [6, 6.07) is 0. The number of ether oxygens (including phenoxy) is 3. The van der Waals surface area contributed by atoms with E-state index >= 15 is 0 Å². The molecule has 2 aliphatic heterocycles. The Bertz CT molecular complexity index is 989. The topological polar surface area (TPSA) is 203 Å². The second-order valence-electron chi connectivity index (χ2n) is 12.5. The molecule has 14 atom stereocenters. The monoisotopic (exact) mass is 528 g/mol. The average Bonchev–Trinajstić information content (AvgIpc) is 3.30. The van der Waals surface area contributed by atoms with E-state index in [1.165, 1.54) is 0 Å². The fraction of sp³-hybridized carbons (Fsp3) is 0.920. The quantitative estimate of drug-likeness (QED) is 0.196. The Morgan fingerprint density at radius 1 is 1.11 bits per heavy atom. The molecule has 37 heavy (non-hydrogen) atoms. The Labute approximate surface area is 213 Å². The number of aliphatic hydroxyl groups excluding tert-OH is 5. The van der Waals surface area contributed by atoms with Crippen LogP contribution in [0.5, 0.6) is 0 Å². The van der Waals surface area contributed by atoms with Crippen LogP contribution in [0.15, 0.2) is 0 Å². The first-order valence-electron chi connectivity index (χ1n) is 13.1. The van der Waals surface area contributed by atoms with Crippen molar-refractivity contribution in [1.29, 1.82) is 0 Å². The summed E-state index contributed by atoms with van der Waals surface area (Å²) in [4.78, 5) is 25.9. The van der Waals surface area contributed by atoms with Crippen molar-refractivity contribution in [3.63, 3.8) is 0 Å². The summed E-state index contributed by atoms with van der Waals surface area (Å²) >= 11 is 0. The van der Waals surface area contributed by atoms with Gasteiger partial charge in [-0.1, -0.05) is 0 Å². The molecule has 0 aromatic carbocycles. The van der Waals surface area contributed by atoms with Crippen LogP contribution in [0.25, 0.3) is 0 Å². The molecule has 12 nitrogen and oxygen atoms in total. The van der Waals surface area contributed by atoms with Crippen LogP contribution in [0.3, 0.4) is 0 Å². The van der Waals surface area contributed by atoms with Crippen molar-refractivity contribution < 1.29 is 59.5 Å². The maximum absolute atomic E-state index is 13.0. The Hall–Kier alpha value is -1.38. The van der Waals surface area contributed by atoms with E-state index in [1.807, 2.05) is 0 Å². The van der Waals surface area contributed by atoms with Gasteiger partial charge in [0.05, 0.1) is 36.3 Å². The van der Waals surface area contributed by atoms with E-state index in [0.29, 0.717) is 32.1 Å². The summed E-state index contributed by atoms with van der Waals surface area (Å²) in [5.41, 5.74) is -4.69. The van der Waals surface area contributed by atoms with Crippen molar-refractivity contribution in [2.45, 2.75) is 93.5 Å². The molecule has 4 saturated carbocycles. The number of hydrogen-bond acceptors (Lipinski definition) is 11. The van der Waals surface area contributed by atoms with Crippen LogP contribution in [0.1, 0.15) is 45.4 Å². The number of esters is 1. The Kier molecular flexibility index (Phi) is 5.65. The van der Waals surface area contributed by atoms with Crippen molar-refractivity contribution in [2.24, 2.45) is 34.5 Å². The fourth-order valence-corrected chi connectivity index (χ4v) is 9.52. The molecule has 0 aromatic heterocycles. The smallest absolute Gasteiger partial charge is 0.315 e. The second-order valence-corrected chi connectivity index (χ2v) is 12.5. The second kappa shape index (κ2) is 8.07. The molecule has 6 fully saturated rings. The van der Waals surface area contributed by atoms with Gasteiger partial charge in [0, 0.05) is 11.8 Å². The number of carboxylic acids is 1. The van der Waals surface area contributed by atoms with E-state index in [2.05, 4.69) is 0 Å². The fourth-order valence-electron chi connectivity index (χ4n) is 9.52. The predicted octanol–water partition coefficient (Wildman–Crippen LogP) is -1.87. The predicted molar refractivity (Wildman–Crippen MR) is 119 cm³/mol. The van der Waals surface area contributed by atoms with E-state index in [0.717, 1.165) is 0 Å². The van der Waals surface area contributed by atoms with Gasteiger partial charge in [-0.3, -0.25) is 9.59 Å². The Morgan fingerprint density at radius 2 is 1.84 bits per heavy atom. The summed E-state index contributed by atoms with van der Waals surface area (Å²) in [5, 5.41) is 73.1. The van der Waals surface area contributed by atoms with Crippen molar-refractivity contribution in [1.82, 2.24) is 0 Å². The van der Waals surface area contributed by atoms with E-state index < -0.39 is 89.2 Å². The number of carboxylic acid groups (broad SMARTS) is 1. The van der Waals surface area contributed by atoms with Gasteiger partial charge >= 0.3 is 11.9 Å². The number of carbonyl (C=O) groups excluding carboxylic acids is 1. The molecule has 0 radical (unpaired) electrons. The first-order valence-corrected chi connectivity index (χ1v) is 13.1. The molecule has 7 N–H and O–H groups in total. The molecule has 0 unspecified atom stereocenters. The zero-order valence-electron chi connectivity index (χ0n) is 20.6. The molecule has 1 spiro atoms. The molecule has 2 heterocycles. The zero-order chi connectivity index (χ0) is 26.7. The molecule has 208 valence electrons. The lowest BCUT2D eigenvalue weighted by Gasteiger charge is -2.44. The van der Waals surface area contributed by atoms with Crippen LogP contribution in [0, 0.1) is 34.5 Å². The van der Waals surface area contributed by atoms with E-state index in [1.54, 1.807) is 6.92 Å². The van der Waals surface area contributed by atoms with Crippen LogP contribution in [-0.2, 0) is 23.8 Å². The highest BCUT2D eigenvalue weighted by atomic mass is 16.7. The van der Waals surface area contributed by atoms with Crippen molar-refractivity contribution >= 4 is 11.9 Å². The van der Waals surface area contributed by atoms with Crippen LogP contribution in [-0.4, -0.2) is 109 Å². The summed E-state index contributed by atoms with van der Waals surface area (Å²) in [5.74, 6) is -3.96. The molecule has 0 amide bonds. The molecule has 4 bridgehead atoms. The van der Waals surface area contributed by atoms with E-state index in [-0.39, 0.29) is 24.9 Å². The molecule has 6 aliphatic rings. The third-order valence-electron chi connectivity index (χ3n) is 11.1. The van der Waals surface area contributed by atoms with Crippen LogP contribution >= 0.6 is 0 Å². The summed E-state index contributed by atoms with van der Waals surface area (Å²) in [7, 11) is 0. The average molecular weight is 529 g/mol. The molecule has 4 aliphatic carbocycles. The van der Waals surface area contributed by atoms with Gasteiger partial charge in [-0.05, 0) is 56.8 Å². The Morgan fingerprint density at radius 3 is 2.51 bits per heavy atom. The zero-order valence-corrected chi connectivity index (χ0v) is 20.6. The number of carbonyl (C=O) groups is 2. The van der Waals surface area contributed by atoms with Gasteiger partial charge in [0.15, 0.2) is 6.29 Å². The maximum Gasteiger partial charge on any atom is 0.315 e. The van der Waals surface area contributed by atoms with Crippen molar-refractivity contribution in [2.75, 3.05) is 13.2 Å².